The van der Waals surface area contributed by atoms with Crippen LogP contribution in [0.4, 0.5) is 0 Å². The van der Waals surface area contributed by atoms with Crippen LogP contribution < -0.4 is 0 Å². The van der Waals surface area contributed by atoms with E-state index >= 15 is 0 Å². The van der Waals surface area contributed by atoms with E-state index in [0.717, 1.165) is 3.79 Å². The van der Waals surface area contributed by atoms with Gasteiger partial charge in [0.05, 0.1) is 9.83 Å². The molecule has 1 fully saturated rings. The van der Waals surface area contributed by atoms with Crippen LogP contribution in [0.15, 0.2) is 24.7 Å². The molecule has 1 aliphatic rings. The lowest BCUT2D eigenvalue weighted by molar-refractivity contribution is 0.124. The topological polar surface area (TPSA) is 79.5 Å². The van der Waals surface area contributed by atoms with Crippen molar-refractivity contribution >= 4 is 37.3 Å². The van der Waals surface area contributed by atoms with Crippen LogP contribution in [0.25, 0.3) is 0 Å². The van der Waals surface area contributed by atoms with Crippen LogP contribution in [-0.4, -0.2) is 53.9 Å². The van der Waals surface area contributed by atoms with Gasteiger partial charge in [0.2, 0.25) is 5.89 Å². The Morgan fingerprint density at radius 3 is 2.40 bits per heavy atom. The smallest absolute Gasteiger partial charge is 0.252 e. The van der Waals surface area contributed by atoms with Crippen molar-refractivity contribution < 1.29 is 12.9 Å². The van der Waals surface area contributed by atoms with Crippen molar-refractivity contribution in [2.75, 3.05) is 26.2 Å². The van der Waals surface area contributed by atoms with Gasteiger partial charge in [-0.1, -0.05) is 19.0 Å². The number of piperazine rings is 1. The summed E-state index contributed by atoms with van der Waals surface area (Å²) >= 11 is 4.56. The van der Waals surface area contributed by atoms with E-state index in [-0.39, 0.29) is 12.0 Å². The van der Waals surface area contributed by atoms with Crippen molar-refractivity contribution in [2.24, 2.45) is 0 Å². The molecule has 0 amide bonds. The summed E-state index contributed by atoms with van der Waals surface area (Å²) in [4.78, 5) is 6.62. The third-order valence-corrected chi connectivity index (χ3v) is 8.28. The van der Waals surface area contributed by atoms with Crippen molar-refractivity contribution in [1.29, 1.82) is 0 Å². The van der Waals surface area contributed by atoms with E-state index in [2.05, 4.69) is 31.0 Å². The van der Waals surface area contributed by atoms with Gasteiger partial charge in [-0.15, -0.1) is 11.3 Å². The SMILES string of the molecule is CC(C)c1noc([C@@H](C)N2CCN(S(=O)(=O)c3ccc(Br)s3)CC2)n1. The van der Waals surface area contributed by atoms with Crippen molar-refractivity contribution in [3.63, 3.8) is 0 Å². The summed E-state index contributed by atoms with van der Waals surface area (Å²) in [7, 11) is -3.42. The van der Waals surface area contributed by atoms with Crippen molar-refractivity contribution in [3.05, 3.63) is 27.6 Å². The minimum Gasteiger partial charge on any atom is -0.338 e. The Bertz CT molecular complexity index is 825. The molecule has 10 heteroatoms. The van der Waals surface area contributed by atoms with Gasteiger partial charge in [0.1, 0.15) is 4.21 Å². The van der Waals surface area contributed by atoms with Crippen molar-refractivity contribution in [3.8, 4) is 0 Å². The highest BCUT2D eigenvalue weighted by Crippen LogP contribution is 2.30. The van der Waals surface area contributed by atoms with Gasteiger partial charge in [-0.3, -0.25) is 4.90 Å². The first-order valence-corrected chi connectivity index (χ1v) is 11.2. The van der Waals surface area contributed by atoms with Crippen LogP contribution in [0.3, 0.4) is 0 Å². The average Bonchev–Trinajstić information content (AvgIpc) is 3.23. The second kappa shape index (κ2) is 7.43. The number of halogens is 1. The van der Waals surface area contributed by atoms with Gasteiger partial charge in [-0.2, -0.15) is 9.29 Å². The molecule has 0 N–H and O–H groups in total. The summed E-state index contributed by atoms with van der Waals surface area (Å²) in [6.07, 6.45) is 0. The molecule has 3 heterocycles. The van der Waals surface area contributed by atoms with E-state index in [9.17, 15) is 8.42 Å². The number of thiophene rings is 1. The molecule has 1 atom stereocenters. The molecule has 2 aromatic rings. The molecule has 0 saturated carbocycles. The molecular formula is C15H21BrN4O3S2. The highest BCUT2D eigenvalue weighted by molar-refractivity contribution is 9.11. The number of rotatable bonds is 5. The first-order valence-electron chi connectivity index (χ1n) is 8.12. The molecule has 25 heavy (non-hydrogen) atoms. The summed E-state index contributed by atoms with van der Waals surface area (Å²) in [6, 6.07) is 3.38. The molecule has 0 spiro atoms. The lowest BCUT2D eigenvalue weighted by atomic mass is 10.2. The number of aromatic nitrogens is 2. The fourth-order valence-corrected chi connectivity index (χ4v) is 6.29. The average molecular weight is 449 g/mol. The van der Waals surface area contributed by atoms with Gasteiger partial charge in [-0.25, -0.2) is 8.42 Å². The minimum absolute atomic E-state index is 0.0271. The lowest BCUT2D eigenvalue weighted by Gasteiger charge is -2.35. The quantitative estimate of drug-likeness (QED) is 0.698. The molecule has 1 aliphatic heterocycles. The van der Waals surface area contributed by atoms with E-state index < -0.39 is 10.0 Å². The third kappa shape index (κ3) is 3.97. The number of sulfonamides is 1. The number of nitrogens with zero attached hydrogens (tertiary/aromatic N) is 4. The molecular weight excluding hydrogens is 428 g/mol. The van der Waals surface area contributed by atoms with Crippen LogP contribution in [0.2, 0.25) is 0 Å². The lowest BCUT2D eigenvalue weighted by Crippen LogP contribution is -2.49. The van der Waals surface area contributed by atoms with Crippen molar-refractivity contribution in [2.45, 2.75) is 36.9 Å². The second-order valence-electron chi connectivity index (χ2n) is 6.32. The molecule has 0 aromatic carbocycles. The summed E-state index contributed by atoms with van der Waals surface area (Å²) in [5.41, 5.74) is 0. The predicted octanol–water partition coefficient (Wildman–Crippen LogP) is 3.08. The molecule has 3 rings (SSSR count). The maximum Gasteiger partial charge on any atom is 0.252 e. The largest absolute Gasteiger partial charge is 0.338 e. The highest BCUT2D eigenvalue weighted by Gasteiger charge is 2.32. The van der Waals surface area contributed by atoms with Gasteiger partial charge in [0.25, 0.3) is 10.0 Å². The van der Waals surface area contributed by atoms with Crippen LogP contribution in [0.1, 0.15) is 44.4 Å². The summed E-state index contributed by atoms with van der Waals surface area (Å²) in [6.45, 7) is 8.22. The highest BCUT2D eigenvalue weighted by atomic mass is 79.9. The maximum atomic E-state index is 12.7. The zero-order valence-electron chi connectivity index (χ0n) is 14.3. The predicted molar refractivity (Wildman–Crippen MR) is 99.2 cm³/mol. The van der Waals surface area contributed by atoms with Gasteiger partial charge in [-0.05, 0) is 35.0 Å². The fourth-order valence-electron chi connectivity index (χ4n) is 2.70. The Hall–Kier alpha value is -0.810. The molecule has 0 radical (unpaired) electrons. The van der Waals surface area contributed by atoms with Crippen LogP contribution in [-0.2, 0) is 10.0 Å². The third-order valence-electron chi connectivity index (χ3n) is 4.29. The van der Waals surface area contributed by atoms with Crippen molar-refractivity contribution in [1.82, 2.24) is 19.3 Å². The van der Waals surface area contributed by atoms with Crippen LogP contribution in [0.5, 0.6) is 0 Å². The van der Waals surface area contributed by atoms with E-state index in [1.807, 2.05) is 20.8 Å². The molecule has 0 unspecified atom stereocenters. The number of hydrogen-bond acceptors (Lipinski definition) is 7. The van der Waals surface area contributed by atoms with Crippen LogP contribution >= 0.6 is 27.3 Å². The molecule has 0 bridgehead atoms. The Morgan fingerprint density at radius 2 is 1.88 bits per heavy atom. The molecule has 138 valence electrons. The first-order chi connectivity index (χ1) is 11.8. The van der Waals surface area contributed by atoms with Gasteiger partial charge >= 0.3 is 0 Å². The Labute approximate surface area is 160 Å². The van der Waals surface area contributed by atoms with Gasteiger partial charge in [0.15, 0.2) is 5.82 Å². The summed E-state index contributed by atoms with van der Waals surface area (Å²) < 4.78 is 33.5. The van der Waals surface area contributed by atoms with Gasteiger partial charge in [0, 0.05) is 32.1 Å². The summed E-state index contributed by atoms with van der Waals surface area (Å²) in [5, 5.41) is 4.01. The van der Waals surface area contributed by atoms with Crippen LogP contribution in [0, 0.1) is 0 Å². The van der Waals surface area contributed by atoms with E-state index in [0.29, 0.717) is 42.1 Å². The molecule has 2 aromatic heterocycles. The Kier molecular flexibility index (Phi) is 5.64. The fraction of sp³-hybridized carbons (Fsp3) is 0.600. The number of hydrogen-bond donors (Lipinski definition) is 0. The molecule has 0 aliphatic carbocycles. The Balaban J connectivity index is 1.65. The standard InChI is InChI=1S/C15H21BrN4O3S2/c1-10(2)14-17-15(23-18-14)11(3)19-6-8-20(9-7-19)25(21,22)13-5-4-12(16)24-13/h4-5,10-11H,6-9H2,1-3H3/t11-/m1/s1. The monoisotopic (exact) mass is 448 g/mol. The minimum atomic E-state index is -3.42. The van der Waals surface area contributed by atoms with E-state index in [1.165, 1.54) is 11.3 Å². The normalized spacial score (nSPS) is 18.8. The van der Waals surface area contributed by atoms with Gasteiger partial charge < -0.3 is 4.52 Å². The Morgan fingerprint density at radius 1 is 1.20 bits per heavy atom. The van der Waals surface area contributed by atoms with E-state index in [1.54, 1.807) is 16.4 Å². The second-order valence-corrected chi connectivity index (χ2v) is 10.9. The molecule has 1 saturated heterocycles. The maximum absolute atomic E-state index is 12.7. The molecule has 7 nitrogen and oxygen atoms in total. The summed E-state index contributed by atoms with van der Waals surface area (Å²) in [5.74, 6) is 1.50. The zero-order valence-corrected chi connectivity index (χ0v) is 17.6. The van der Waals surface area contributed by atoms with E-state index in [4.69, 9.17) is 4.52 Å². The zero-order chi connectivity index (χ0) is 18.2. The first kappa shape index (κ1) is 19.0.